The second-order valence-electron chi connectivity index (χ2n) is 9.44. The van der Waals surface area contributed by atoms with Gasteiger partial charge in [0.05, 0.1) is 6.61 Å². The molecule has 0 radical (unpaired) electrons. The Labute approximate surface area is 193 Å². The van der Waals surface area contributed by atoms with E-state index in [1.165, 1.54) is 46.8 Å². The third-order valence-corrected chi connectivity index (χ3v) is 7.12. The molecule has 8 nitrogen and oxygen atoms in total. The van der Waals surface area contributed by atoms with Gasteiger partial charge in [-0.2, -0.15) is 0 Å². The van der Waals surface area contributed by atoms with Crippen LogP contribution in [0.1, 0.15) is 45.7 Å². The van der Waals surface area contributed by atoms with Gasteiger partial charge in [0.2, 0.25) is 5.79 Å². The smallest absolute Gasteiger partial charge is 0.240 e. The van der Waals surface area contributed by atoms with Crippen molar-refractivity contribution in [2.75, 3.05) is 6.61 Å². The van der Waals surface area contributed by atoms with Gasteiger partial charge in [0.25, 0.3) is 0 Å². The molecule has 0 spiro atoms. The van der Waals surface area contributed by atoms with Crippen LogP contribution >= 0.6 is 0 Å². The lowest BCUT2D eigenvalue weighted by Gasteiger charge is -2.64. The van der Waals surface area contributed by atoms with Gasteiger partial charge in [0.15, 0.2) is 5.60 Å². The molecule has 0 amide bonds. The maximum absolute atomic E-state index is 11.3. The standard InChI is InChI=1S/C25H32O8/c1-21(15-26)22(2,29)23(3,30)24(4,31)25(5,33-21)32-20-13-17(12-19(28)14-20)7-6-16-8-10-18(27)11-9-16/h6-14,26-31H,15H2,1-5H3/b7-6+/t21?,22-,23-,24?,25-/m1/s1. The summed E-state index contributed by atoms with van der Waals surface area (Å²) >= 11 is 0. The van der Waals surface area contributed by atoms with Gasteiger partial charge in [-0.05, 0) is 63.1 Å². The average Bonchev–Trinajstić information content (AvgIpc) is 2.71. The highest BCUT2D eigenvalue weighted by molar-refractivity contribution is 5.71. The Kier molecular flexibility index (Phi) is 6.06. The number of phenols is 2. The van der Waals surface area contributed by atoms with Crippen molar-refractivity contribution in [2.24, 2.45) is 0 Å². The molecular formula is C25H32O8. The van der Waals surface area contributed by atoms with E-state index in [4.69, 9.17) is 9.47 Å². The molecule has 2 aromatic rings. The zero-order valence-electron chi connectivity index (χ0n) is 19.4. The third-order valence-electron chi connectivity index (χ3n) is 7.12. The lowest BCUT2D eigenvalue weighted by molar-refractivity contribution is -0.441. The van der Waals surface area contributed by atoms with Crippen molar-refractivity contribution in [2.45, 2.75) is 62.8 Å². The van der Waals surface area contributed by atoms with Crippen molar-refractivity contribution in [3.63, 3.8) is 0 Å². The van der Waals surface area contributed by atoms with Gasteiger partial charge in [0.1, 0.15) is 34.1 Å². The van der Waals surface area contributed by atoms with Crippen LogP contribution in [0.3, 0.4) is 0 Å². The zero-order chi connectivity index (χ0) is 24.9. The monoisotopic (exact) mass is 460 g/mol. The summed E-state index contributed by atoms with van der Waals surface area (Å²) in [4.78, 5) is 0. The van der Waals surface area contributed by atoms with Crippen molar-refractivity contribution in [3.05, 3.63) is 53.6 Å². The van der Waals surface area contributed by atoms with Crippen molar-refractivity contribution >= 4 is 12.2 Å². The molecule has 33 heavy (non-hydrogen) atoms. The molecule has 1 aliphatic rings. The number of hydrogen-bond acceptors (Lipinski definition) is 8. The molecule has 3 rings (SSSR count). The number of rotatable bonds is 5. The molecule has 1 aliphatic heterocycles. The largest absolute Gasteiger partial charge is 0.508 e. The first-order valence-corrected chi connectivity index (χ1v) is 10.6. The fraction of sp³-hybridized carbons (Fsp3) is 0.440. The number of ether oxygens (including phenoxy) is 2. The van der Waals surface area contributed by atoms with Crippen molar-refractivity contribution in [1.82, 2.24) is 0 Å². The van der Waals surface area contributed by atoms with Crippen LogP contribution in [0, 0.1) is 0 Å². The first kappa shape index (κ1) is 25.0. The molecule has 8 heteroatoms. The topological polar surface area (TPSA) is 140 Å². The van der Waals surface area contributed by atoms with Crippen LogP contribution in [0.4, 0.5) is 0 Å². The summed E-state index contributed by atoms with van der Waals surface area (Å²) < 4.78 is 11.9. The van der Waals surface area contributed by atoms with Gasteiger partial charge in [-0.15, -0.1) is 0 Å². The van der Waals surface area contributed by atoms with Gasteiger partial charge in [-0.1, -0.05) is 24.3 Å². The van der Waals surface area contributed by atoms with Crippen molar-refractivity contribution in [3.8, 4) is 17.2 Å². The number of benzene rings is 2. The summed E-state index contributed by atoms with van der Waals surface area (Å²) in [5.74, 6) is -1.76. The van der Waals surface area contributed by atoms with Gasteiger partial charge < -0.3 is 40.1 Å². The lowest BCUT2D eigenvalue weighted by atomic mass is 9.61. The Balaban J connectivity index is 1.98. The van der Waals surface area contributed by atoms with Crippen LogP contribution in [0.15, 0.2) is 42.5 Å². The third kappa shape index (κ3) is 3.98. The van der Waals surface area contributed by atoms with E-state index in [1.54, 1.807) is 42.5 Å². The maximum atomic E-state index is 11.3. The van der Waals surface area contributed by atoms with E-state index in [9.17, 15) is 30.6 Å². The Morgan fingerprint density at radius 1 is 0.758 bits per heavy atom. The van der Waals surface area contributed by atoms with Gasteiger partial charge in [-0.3, -0.25) is 0 Å². The van der Waals surface area contributed by atoms with Gasteiger partial charge in [0, 0.05) is 13.0 Å². The molecular weight excluding hydrogens is 428 g/mol. The number of hydrogen-bond donors (Lipinski definition) is 6. The fourth-order valence-electron chi connectivity index (χ4n) is 4.13. The summed E-state index contributed by atoms with van der Waals surface area (Å²) in [5.41, 5.74) is -6.65. The van der Waals surface area contributed by atoms with Crippen LogP contribution in [-0.4, -0.2) is 65.4 Å². The first-order chi connectivity index (χ1) is 15.1. The Hall–Kier alpha value is -2.62. The number of aromatic hydroxyl groups is 2. The summed E-state index contributed by atoms with van der Waals surface area (Å²) in [7, 11) is 0. The van der Waals surface area contributed by atoms with E-state index in [-0.39, 0.29) is 17.2 Å². The molecule has 0 saturated carbocycles. The first-order valence-electron chi connectivity index (χ1n) is 10.6. The predicted molar refractivity (Wildman–Crippen MR) is 123 cm³/mol. The van der Waals surface area contributed by atoms with E-state index in [0.29, 0.717) is 5.56 Å². The van der Waals surface area contributed by atoms with Gasteiger partial charge in [-0.25, -0.2) is 0 Å². The maximum Gasteiger partial charge on any atom is 0.240 e. The highest BCUT2D eigenvalue weighted by Gasteiger charge is 2.75. The number of phenolic OH excluding ortho intramolecular Hbond substituents is 2. The molecule has 2 aromatic carbocycles. The molecule has 0 aliphatic carbocycles. The highest BCUT2D eigenvalue weighted by atomic mass is 16.7. The normalized spacial score (nSPS) is 36.8. The highest BCUT2D eigenvalue weighted by Crippen LogP contribution is 2.53. The van der Waals surface area contributed by atoms with Crippen LogP contribution in [0.2, 0.25) is 0 Å². The minimum Gasteiger partial charge on any atom is -0.508 e. The summed E-state index contributed by atoms with van der Waals surface area (Å²) in [5, 5.41) is 63.1. The van der Waals surface area contributed by atoms with Crippen LogP contribution in [-0.2, 0) is 4.74 Å². The van der Waals surface area contributed by atoms with Gasteiger partial charge >= 0.3 is 0 Å². The molecule has 1 heterocycles. The minimum absolute atomic E-state index is 0.111. The van der Waals surface area contributed by atoms with Crippen LogP contribution in [0.25, 0.3) is 12.2 Å². The Bertz CT molecular complexity index is 1040. The van der Waals surface area contributed by atoms with Crippen LogP contribution < -0.4 is 4.74 Å². The quantitative estimate of drug-likeness (QED) is 0.374. The van der Waals surface area contributed by atoms with E-state index in [0.717, 1.165) is 5.56 Å². The molecule has 5 atom stereocenters. The summed E-state index contributed by atoms with van der Waals surface area (Å²) in [6.45, 7) is 5.93. The Morgan fingerprint density at radius 2 is 1.33 bits per heavy atom. The second-order valence-corrected chi connectivity index (χ2v) is 9.44. The summed E-state index contributed by atoms with van der Waals surface area (Å²) in [6, 6.07) is 11.0. The second kappa shape index (κ2) is 8.00. The molecule has 0 aromatic heterocycles. The molecule has 2 unspecified atom stereocenters. The predicted octanol–water partition coefficient (Wildman–Crippen LogP) is 2.40. The average molecular weight is 461 g/mol. The number of aliphatic hydroxyl groups excluding tert-OH is 1. The number of aliphatic hydroxyl groups is 4. The zero-order valence-corrected chi connectivity index (χ0v) is 19.4. The van der Waals surface area contributed by atoms with E-state index >= 15 is 0 Å². The molecule has 0 bridgehead atoms. The minimum atomic E-state index is -2.16. The summed E-state index contributed by atoms with van der Waals surface area (Å²) in [6.07, 6.45) is 3.50. The molecule has 1 fully saturated rings. The van der Waals surface area contributed by atoms with Crippen LogP contribution in [0.5, 0.6) is 17.2 Å². The Morgan fingerprint density at radius 3 is 1.91 bits per heavy atom. The molecule has 1 saturated heterocycles. The molecule has 6 N–H and O–H groups in total. The lowest BCUT2D eigenvalue weighted by Crippen LogP contribution is -2.85. The van der Waals surface area contributed by atoms with E-state index in [1.807, 2.05) is 0 Å². The van der Waals surface area contributed by atoms with E-state index < -0.39 is 34.8 Å². The van der Waals surface area contributed by atoms with Crippen molar-refractivity contribution in [1.29, 1.82) is 0 Å². The fourth-order valence-corrected chi connectivity index (χ4v) is 4.13. The SMILES string of the molecule is CC1(O)[C@](C)(Oc2cc(O)cc(/C=C/c3ccc(O)cc3)c2)OC(C)(CO)[C@@](C)(O)[C@@]1(C)O. The van der Waals surface area contributed by atoms with E-state index in [2.05, 4.69) is 0 Å². The van der Waals surface area contributed by atoms with Crippen molar-refractivity contribution < 1.29 is 40.1 Å². The molecule has 180 valence electrons.